The Morgan fingerprint density at radius 1 is 1.32 bits per heavy atom. The highest BCUT2D eigenvalue weighted by molar-refractivity contribution is 5.81. The number of hydrogen-bond donors (Lipinski definition) is 2. The molecule has 1 rings (SSSR count). The zero-order valence-corrected chi connectivity index (χ0v) is 12.5. The van der Waals surface area contributed by atoms with Gasteiger partial charge in [-0.3, -0.25) is 4.79 Å². The lowest BCUT2D eigenvalue weighted by Gasteiger charge is -2.21. The minimum atomic E-state index is -0.503. The summed E-state index contributed by atoms with van der Waals surface area (Å²) in [5.41, 5.74) is 7.55. The predicted molar refractivity (Wildman–Crippen MR) is 79.8 cm³/mol. The monoisotopic (exact) mass is 262 g/mol. The van der Waals surface area contributed by atoms with Crippen LogP contribution in [-0.2, 0) is 11.3 Å². The summed E-state index contributed by atoms with van der Waals surface area (Å²) in [6.45, 7) is 9.03. The van der Waals surface area contributed by atoms with Crippen LogP contribution >= 0.6 is 0 Å². The van der Waals surface area contributed by atoms with E-state index in [9.17, 15) is 4.79 Å². The highest BCUT2D eigenvalue weighted by Gasteiger charge is 2.25. The Labute approximate surface area is 116 Å². The summed E-state index contributed by atoms with van der Waals surface area (Å²) >= 11 is 0. The van der Waals surface area contributed by atoms with Crippen LogP contribution in [0.2, 0.25) is 0 Å². The Bertz CT molecular complexity index is 409. The Kier molecular flexibility index (Phi) is 5.55. The Balaban J connectivity index is 2.57. The molecule has 0 heterocycles. The summed E-state index contributed by atoms with van der Waals surface area (Å²) in [5.74, 6) is 0.584. The molecule has 0 aromatic heterocycles. The van der Waals surface area contributed by atoms with Crippen LogP contribution in [0, 0.1) is 5.41 Å². The summed E-state index contributed by atoms with van der Waals surface area (Å²) < 4.78 is 0. The first kappa shape index (κ1) is 15.7. The molecule has 1 atom stereocenters. The molecule has 0 aliphatic heterocycles. The number of rotatable bonds is 6. The molecule has 0 spiro atoms. The van der Waals surface area contributed by atoms with Crippen molar-refractivity contribution in [3.63, 3.8) is 0 Å². The standard InChI is InChI=1S/C16H26N2O/c1-5-12(2)14-8-6-13(7-9-14)10-18-15(19)16(3,4)11-17/h6-9,12H,5,10-11,17H2,1-4H3,(H,18,19). The van der Waals surface area contributed by atoms with Crippen molar-refractivity contribution in [1.29, 1.82) is 0 Å². The van der Waals surface area contributed by atoms with Crippen LogP contribution in [0.1, 0.15) is 51.2 Å². The number of carbonyl (C=O) groups is 1. The maximum Gasteiger partial charge on any atom is 0.227 e. The highest BCUT2D eigenvalue weighted by atomic mass is 16.2. The average molecular weight is 262 g/mol. The molecule has 3 nitrogen and oxygen atoms in total. The summed E-state index contributed by atoms with van der Waals surface area (Å²) in [6.07, 6.45) is 1.14. The molecular formula is C16H26N2O. The van der Waals surface area contributed by atoms with Gasteiger partial charge in [-0.15, -0.1) is 0 Å². The number of nitrogens with two attached hydrogens (primary N) is 1. The van der Waals surface area contributed by atoms with Crippen molar-refractivity contribution in [2.24, 2.45) is 11.1 Å². The lowest BCUT2D eigenvalue weighted by Crippen LogP contribution is -2.41. The molecule has 0 saturated heterocycles. The fraction of sp³-hybridized carbons (Fsp3) is 0.562. The minimum Gasteiger partial charge on any atom is -0.352 e. The molecule has 0 aliphatic rings. The molecule has 106 valence electrons. The quantitative estimate of drug-likeness (QED) is 0.828. The third-order valence-corrected chi connectivity index (χ3v) is 3.74. The van der Waals surface area contributed by atoms with E-state index in [2.05, 4.69) is 43.4 Å². The molecule has 1 aromatic carbocycles. The maximum absolute atomic E-state index is 11.9. The molecule has 3 heteroatoms. The largest absolute Gasteiger partial charge is 0.352 e. The fourth-order valence-electron chi connectivity index (χ4n) is 1.71. The van der Waals surface area contributed by atoms with Crippen LogP contribution in [0.3, 0.4) is 0 Å². The zero-order valence-electron chi connectivity index (χ0n) is 12.5. The first-order chi connectivity index (χ1) is 8.90. The van der Waals surface area contributed by atoms with Crippen LogP contribution < -0.4 is 11.1 Å². The molecule has 0 saturated carbocycles. The van der Waals surface area contributed by atoms with E-state index in [4.69, 9.17) is 5.73 Å². The minimum absolute atomic E-state index is 0.000928. The van der Waals surface area contributed by atoms with Gasteiger partial charge in [0.25, 0.3) is 0 Å². The number of hydrogen-bond acceptors (Lipinski definition) is 2. The van der Waals surface area contributed by atoms with Gasteiger partial charge in [0.05, 0.1) is 5.41 Å². The number of amides is 1. The van der Waals surface area contributed by atoms with Crippen molar-refractivity contribution < 1.29 is 4.79 Å². The molecule has 19 heavy (non-hydrogen) atoms. The van der Waals surface area contributed by atoms with Crippen LogP contribution in [0.4, 0.5) is 0 Å². The van der Waals surface area contributed by atoms with Gasteiger partial charge in [-0.05, 0) is 37.3 Å². The summed E-state index contributed by atoms with van der Waals surface area (Å²) in [4.78, 5) is 11.9. The van der Waals surface area contributed by atoms with E-state index in [0.717, 1.165) is 12.0 Å². The second kappa shape index (κ2) is 6.71. The van der Waals surface area contributed by atoms with Gasteiger partial charge in [0, 0.05) is 13.1 Å². The molecular weight excluding hydrogens is 236 g/mol. The van der Waals surface area contributed by atoms with Crippen molar-refractivity contribution in [2.45, 2.75) is 46.6 Å². The molecule has 0 bridgehead atoms. The van der Waals surface area contributed by atoms with Gasteiger partial charge >= 0.3 is 0 Å². The molecule has 0 radical (unpaired) electrons. The SMILES string of the molecule is CCC(C)c1ccc(CNC(=O)C(C)(C)CN)cc1. The van der Waals surface area contributed by atoms with E-state index in [1.807, 2.05) is 13.8 Å². The number of nitrogens with one attached hydrogen (secondary N) is 1. The third-order valence-electron chi connectivity index (χ3n) is 3.74. The van der Waals surface area contributed by atoms with Crippen LogP contribution in [0.15, 0.2) is 24.3 Å². The first-order valence-corrected chi connectivity index (χ1v) is 6.98. The van der Waals surface area contributed by atoms with Crippen LogP contribution in [0.25, 0.3) is 0 Å². The molecule has 0 fully saturated rings. The van der Waals surface area contributed by atoms with Gasteiger partial charge < -0.3 is 11.1 Å². The van der Waals surface area contributed by atoms with E-state index >= 15 is 0 Å². The molecule has 1 amide bonds. The Morgan fingerprint density at radius 2 is 1.89 bits per heavy atom. The van der Waals surface area contributed by atoms with E-state index < -0.39 is 5.41 Å². The smallest absolute Gasteiger partial charge is 0.227 e. The summed E-state index contributed by atoms with van der Waals surface area (Å²) in [7, 11) is 0. The van der Waals surface area contributed by atoms with Crippen molar-refractivity contribution in [3.05, 3.63) is 35.4 Å². The first-order valence-electron chi connectivity index (χ1n) is 6.98. The zero-order chi connectivity index (χ0) is 14.5. The van der Waals surface area contributed by atoms with E-state index in [-0.39, 0.29) is 5.91 Å². The predicted octanol–water partition coefficient (Wildman–Crippen LogP) is 2.80. The normalized spacial score (nSPS) is 13.1. The van der Waals surface area contributed by atoms with Crippen molar-refractivity contribution in [1.82, 2.24) is 5.32 Å². The second-order valence-corrected chi connectivity index (χ2v) is 5.82. The van der Waals surface area contributed by atoms with E-state index in [1.165, 1.54) is 5.56 Å². The van der Waals surface area contributed by atoms with Gasteiger partial charge in [0.15, 0.2) is 0 Å². The number of benzene rings is 1. The van der Waals surface area contributed by atoms with Gasteiger partial charge in [0.2, 0.25) is 5.91 Å². The molecule has 1 unspecified atom stereocenters. The van der Waals surface area contributed by atoms with E-state index in [1.54, 1.807) is 0 Å². The van der Waals surface area contributed by atoms with Crippen LogP contribution in [-0.4, -0.2) is 12.5 Å². The van der Waals surface area contributed by atoms with Crippen molar-refractivity contribution in [3.8, 4) is 0 Å². The summed E-state index contributed by atoms with van der Waals surface area (Å²) in [5, 5.41) is 2.93. The van der Waals surface area contributed by atoms with Gasteiger partial charge in [0.1, 0.15) is 0 Å². The fourth-order valence-corrected chi connectivity index (χ4v) is 1.71. The molecule has 3 N–H and O–H groups in total. The van der Waals surface area contributed by atoms with Gasteiger partial charge in [-0.1, -0.05) is 38.1 Å². The molecule has 1 aromatic rings. The lowest BCUT2D eigenvalue weighted by molar-refractivity contribution is -0.129. The van der Waals surface area contributed by atoms with E-state index in [0.29, 0.717) is 19.0 Å². The maximum atomic E-state index is 11.9. The third kappa shape index (κ3) is 4.35. The highest BCUT2D eigenvalue weighted by Crippen LogP contribution is 2.19. The van der Waals surface area contributed by atoms with Gasteiger partial charge in [-0.25, -0.2) is 0 Å². The van der Waals surface area contributed by atoms with Gasteiger partial charge in [-0.2, -0.15) is 0 Å². The second-order valence-electron chi connectivity index (χ2n) is 5.82. The molecule has 0 aliphatic carbocycles. The van der Waals surface area contributed by atoms with Crippen LogP contribution in [0.5, 0.6) is 0 Å². The Hall–Kier alpha value is -1.35. The van der Waals surface area contributed by atoms with Crippen molar-refractivity contribution in [2.75, 3.05) is 6.54 Å². The average Bonchev–Trinajstić information content (AvgIpc) is 2.44. The lowest BCUT2D eigenvalue weighted by atomic mass is 9.92. The van der Waals surface area contributed by atoms with Crippen molar-refractivity contribution >= 4 is 5.91 Å². The summed E-state index contributed by atoms with van der Waals surface area (Å²) in [6, 6.07) is 8.45. The number of carbonyl (C=O) groups excluding carboxylic acids is 1. The Morgan fingerprint density at radius 3 is 2.37 bits per heavy atom. The topological polar surface area (TPSA) is 55.1 Å².